The van der Waals surface area contributed by atoms with Crippen molar-refractivity contribution < 1.29 is 9.21 Å². The van der Waals surface area contributed by atoms with E-state index in [1.54, 1.807) is 6.26 Å². The van der Waals surface area contributed by atoms with Gasteiger partial charge in [0.15, 0.2) is 0 Å². The minimum Gasteiger partial charge on any atom is -0.444 e. The molecule has 2 aromatic rings. The van der Waals surface area contributed by atoms with Crippen LogP contribution in [0.25, 0.3) is 11.5 Å². The lowest BCUT2D eigenvalue weighted by molar-refractivity contribution is 0.200. The summed E-state index contributed by atoms with van der Waals surface area (Å²) < 4.78 is 5.51. The number of amides is 2. The molecule has 5 heteroatoms. The molecule has 0 atom stereocenters. The molecule has 0 saturated carbocycles. The zero-order chi connectivity index (χ0) is 15.9. The van der Waals surface area contributed by atoms with E-state index < -0.39 is 0 Å². The van der Waals surface area contributed by atoms with Gasteiger partial charge in [0, 0.05) is 31.6 Å². The molecule has 0 radical (unpaired) electrons. The topological polar surface area (TPSA) is 58.4 Å². The summed E-state index contributed by atoms with van der Waals surface area (Å²) in [5.41, 5.74) is 1.83. The number of aromatic nitrogens is 1. The number of urea groups is 1. The van der Waals surface area contributed by atoms with Crippen LogP contribution in [-0.2, 0) is 6.42 Å². The van der Waals surface area contributed by atoms with Gasteiger partial charge in [-0.1, -0.05) is 31.0 Å². The predicted molar refractivity (Wildman–Crippen MR) is 89.1 cm³/mol. The number of nitrogens with zero attached hydrogens (tertiary/aromatic N) is 2. The van der Waals surface area contributed by atoms with Crippen LogP contribution in [-0.4, -0.2) is 35.5 Å². The maximum atomic E-state index is 12.1. The highest BCUT2D eigenvalue weighted by molar-refractivity contribution is 5.74. The van der Waals surface area contributed by atoms with Gasteiger partial charge in [0.25, 0.3) is 0 Å². The van der Waals surface area contributed by atoms with Gasteiger partial charge in [-0.2, -0.15) is 0 Å². The second kappa shape index (κ2) is 7.81. The Morgan fingerprint density at radius 1 is 1.13 bits per heavy atom. The van der Waals surface area contributed by atoms with Gasteiger partial charge in [-0.3, -0.25) is 0 Å². The molecule has 1 aromatic heterocycles. The fourth-order valence-electron chi connectivity index (χ4n) is 2.82. The molecule has 1 aliphatic heterocycles. The lowest BCUT2D eigenvalue weighted by Gasteiger charge is -2.20. The Morgan fingerprint density at radius 2 is 1.87 bits per heavy atom. The van der Waals surface area contributed by atoms with Gasteiger partial charge in [-0.05, 0) is 25.0 Å². The summed E-state index contributed by atoms with van der Waals surface area (Å²) in [7, 11) is 0. The number of likely N-dealkylation sites (tertiary alicyclic amines) is 1. The van der Waals surface area contributed by atoms with E-state index in [0.29, 0.717) is 18.9 Å². The lowest BCUT2D eigenvalue weighted by atomic mass is 10.2. The van der Waals surface area contributed by atoms with Crippen LogP contribution in [0.2, 0.25) is 0 Å². The van der Waals surface area contributed by atoms with Crippen LogP contribution in [0.5, 0.6) is 0 Å². The fourth-order valence-corrected chi connectivity index (χ4v) is 2.82. The standard InChI is InChI=1S/C18H23N3O2/c22-18(21-12-6-1-2-7-13-21)19-11-10-16-14-23-17(20-16)15-8-4-3-5-9-15/h3-5,8-9,14H,1-2,6-7,10-13H2,(H,19,22). The summed E-state index contributed by atoms with van der Waals surface area (Å²) in [5, 5.41) is 2.98. The van der Waals surface area contributed by atoms with Crippen molar-refractivity contribution in [3.8, 4) is 11.5 Å². The molecule has 2 amide bonds. The van der Waals surface area contributed by atoms with E-state index in [2.05, 4.69) is 10.3 Å². The average Bonchev–Trinajstić information content (AvgIpc) is 2.89. The van der Waals surface area contributed by atoms with Crippen molar-refractivity contribution in [2.24, 2.45) is 0 Å². The first-order valence-corrected chi connectivity index (χ1v) is 8.35. The Morgan fingerprint density at radius 3 is 2.61 bits per heavy atom. The maximum Gasteiger partial charge on any atom is 0.317 e. The van der Waals surface area contributed by atoms with Crippen LogP contribution in [0.15, 0.2) is 41.0 Å². The molecule has 3 rings (SSSR count). The first-order valence-electron chi connectivity index (χ1n) is 8.35. The molecule has 1 saturated heterocycles. The van der Waals surface area contributed by atoms with Gasteiger partial charge < -0.3 is 14.6 Å². The normalized spacial score (nSPS) is 15.2. The van der Waals surface area contributed by atoms with Crippen LogP contribution in [0.4, 0.5) is 4.79 Å². The van der Waals surface area contributed by atoms with Crippen LogP contribution in [0, 0.1) is 0 Å². The molecule has 0 unspecified atom stereocenters. The Balaban J connectivity index is 1.47. The minimum absolute atomic E-state index is 0.0404. The third-order valence-corrected chi connectivity index (χ3v) is 4.12. The largest absolute Gasteiger partial charge is 0.444 e. The Bertz CT molecular complexity index is 616. The van der Waals surface area contributed by atoms with E-state index in [-0.39, 0.29) is 6.03 Å². The monoisotopic (exact) mass is 313 g/mol. The zero-order valence-corrected chi connectivity index (χ0v) is 13.3. The molecule has 23 heavy (non-hydrogen) atoms. The number of nitrogens with one attached hydrogen (secondary N) is 1. The summed E-state index contributed by atoms with van der Waals surface area (Å²) in [6.45, 7) is 2.32. The van der Waals surface area contributed by atoms with Crippen molar-refractivity contribution in [2.75, 3.05) is 19.6 Å². The van der Waals surface area contributed by atoms with Crippen LogP contribution in [0.1, 0.15) is 31.4 Å². The smallest absolute Gasteiger partial charge is 0.317 e. The van der Waals surface area contributed by atoms with E-state index in [1.165, 1.54) is 12.8 Å². The first-order chi connectivity index (χ1) is 11.3. The van der Waals surface area contributed by atoms with Gasteiger partial charge in [0.1, 0.15) is 6.26 Å². The van der Waals surface area contributed by atoms with Gasteiger partial charge >= 0.3 is 6.03 Å². The summed E-state index contributed by atoms with van der Waals surface area (Å²) in [6, 6.07) is 9.86. The minimum atomic E-state index is 0.0404. The van der Waals surface area contributed by atoms with E-state index >= 15 is 0 Å². The lowest BCUT2D eigenvalue weighted by Crippen LogP contribution is -2.41. The van der Waals surface area contributed by atoms with Gasteiger partial charge in [0.05, 0.1) is 5.69 Å². The quantitative estimate of drug-likeness (QED) is 0.940. The molecule has 1 aromatic carbocycles. The van der Waals surface area contributed by atoms with Gasteiger partial charge in [-0.15, -0.1) is 0 Å². The third kappa shape index (κ3) is 4.34. The fraction of sp³-hybridized carbons (Fsp3) is 0.444. The number of hydrogen-bond acceptors (Lipinski definition) is 3. The van der Waals surface area contributed by atoms with Crippen molar-refractivity contribution in [3.63, 3.8) is 0 Å². The Hall–Kier alpha value is -2.30. The maximum absolute atomic E-state index is 12.1. The number of carbonyl (C=O) groups excluding carboxylic acids is 1. The molecule has 1 fully saturated rings. The zero-order valence-electron chi connectivity index (χ0n) is 13.3. The van der Waals surface area contributed by atoms with E-state index in [9.17, 15) is 4.79 Å². The molecule has 122 valence electrons. The van der Waals surface area contributed by atoms with Crippen molar-refractivity contribution in [3.05, 3.63) is 42.3 Å². The SMILES string of the molecule is O=C(NCCc1coc(-c2ccccc2)n1)N1CCCCCC1. The summed E-state index contributed by atoms with van der Waals surface area (Å²) in [5.74, 6) is 0.624. The number of carbonyl (C=O) groups is 1. The summed E-state index contributed by atoms with van der Waals surface area (Å²) in [6.07, 6.45) is 7.01. The molecule has 0 aliphatic carbocycles. The van der Waals surface area contributed by atoms with Crippen molar-refractivity contribution >= 4 is 6.03 Å². The number of benzene rings is 1. The van der Waals surface area contributed by atoms with E-state index in [0.717, 1.165) is 37.2 Å². The second-order valence-electron chi connectivity index (χ2n) is 5.89. The highest BCUT2D eigenvalue weighted by Gasteiger charge is 2.15. The first kappa shape index (κ1) is 15.6. The molecular weight excluding hydrogens is 290 g/mol. The van der Waals surface area contributed by atoms with Crippen molar-refractivity contribution in [1.82, 2.24) is 15.2 Å². The predicted octanol–water partition coefficient (Wildman–Crippen LogP) is 3.47. The Labute approximate surface area is 136 Å². The van der Waals surface area contributed by atoms with Gasteiger partial charge in [-0.25, -0.2) is 9.78 Å². The summed E-state index contributed by atoms with van der Waals surface area (Å²) >= 11 is 0. The molecular formula is C18H23N3O2. The summed E-state index contributed by atoms with van der Waals surface area (Å²) in [4.78, 5) is 18.5. The van der Waals surface area contributed by atoms with Crippen molar-refractivity contribution in [1.29, 1.82) is 0 Å². The average molecular weight is 313 g/mol. The van der Waals surface area contributed by atoms with Crippen LogP contribution in [0.3, 0.4) is 0 Å². The van der Waals surface area contributed by atoms with Gasteiger partial charge in [0.2, 0.25) is 5.89 Å². The Kier molecular flexibility index (Phi) is 5.29. The third-order valence-electron chi connectivity index (χ3n) is 4.12. The molecule has 1 N–H and O–H groups in total. The number of hydrogen-bond donors (Lipinski definition) is 1. The molecule has 5 nitrogen and oxygen atoms in total. The molecule has 2 heterocycles. The van der Waals surface area contributed by atoms with E-state index in [1.807, 2.05) is 35.2 Å². The highest BCUT2D eigenvalue weighted by atomic mass is 16.3. The number of rotatable bonds is 4. The van der Waals surface area contributed by atoms with Crippen molar-refractivity contribution in [2.45, 2.75) is 32.1 Å². The molecule has 0 spiro atoms. The second-order valence-corrected chi connectivity index (χ2v) is 5.89. The molecule has 1 aliphatic rings. The highest BCUT2D eigenvalue weighted by Crippen LogP contribution is 2.18. The molecule has 0 bridgehead atoms. The van der Waals surface area contributed by atoms with E-state index in [4.69, 9.17) is 4.42 Å². The van der Waals surface area contributed by atoms with Crippen LogP contribution < -0.4 is 5.32 Å². The van der Waals surface area contributed by atoms with Crippen LogP contribution >= 0.6 is 0 Å². The number of oxazole rings is 1.